The van der Waals surface area contributed by atoms with Gasteiger partial charge in [0, 0.05) is 12.8 Å². The van der Waals surface area contributed by atoms with Crippen LogP contribution in [0.4, 0.5) is 8.78 Å². The predicted octanol–water partition coefficient (Wildman–Crippen LogP) is 2.63. The minimum atomic E-state index is -2.84. The fourth-order valence-electron chi connectivity index (χ4n) is 2.49. The lowest BCUT2D eigenvalue weighted by molar-refractivity contribution is -0.149. The molecule has 0 heterocycles. The topological polar surface area (TPSA) is 77.8 Å². The average molecular weight is 272 g/mol. The fourth-order valence-corrected chi connectivity index (χ4v) is 2.49. The third kappa shape index (κ3) is 2.34. The molecule has 1 saturated carbocycles. The zero-order valence-corrected chi connectivity index (χ0v) is 10.1. The van der Waals surface area contributed by atoms with Crippen LogP contribution in [0.1, 0.15) is 31.2 Å². The maximum absolute atomic E-state index is 13.2. The first-order valence-corrected chi connectivity index (χ1v) is 5.91. The molecular formula is C13H14F2O4. The maximum atomic E-state index is 13.2. The summed E-state index contributed by atoms with van der Waals surface area (Å²) < 4.78 is 26.4. The number of phenolic OH excluding ortho intramolecular Hbond substituents is 2. The molecule has 0 atom stereocenters. The second-order valence-corrected chi connectivity index (χ2v) is 4.95. The number of benzene rings is 1. The van der Waals surface area contributed by atoms with Gasteiger partial charge in [-0.3, -0.25) is 4.79 Å². The number of carboxylic acid groups (broad SMARTS) is 1. The molecule has 4 nitrogen and oxygen atoms in total. The van der Waals surface area contributed by atoms with Gasteiger partial charge in [-0.15, -0.1) is 0 Å². The molecule has 0 spiro atoms. The summed E-state index contributed by atoms with van der Waals surface area (Å²) in [6, 6.07) is 3.65. The molecule has 0 aromatic heterocycles. The van der Waals surface area contributed by atoms with Crippen LogP contribution in [0, 0.1) is 0 Å². The first-order valence-electron chi connectivity index (χ1n) is 5.91. The lowest BCUT2D eigenvalue weighted by Crippen LogP contribution is -2.42. The Morgan fingerprint density at radius 2 is 1.63 bits per heavy atom. The number of alkyl halides is 2. The van der Waals surface area contributed by atoms with Gasteiger partial charge >= 0.3 is 5.97 Å². The number of aromatic hydroxyl groups is 2. The molecule has 0 aliphatic heterocycles. The Morgan fingerprint density at radius 3 is 2.11 bits per heavy atom. The second-order valence-electron chi connectivity index (χ2n) is 4.95. The van der Waals surface area contributed by atoms with Gasteiger partial charge in [-0.25, -0.2) is 8.78 Å². The third-order valence-electron chi connectivity index (χ3n) is 3.77. The molecule has 104 valence electrons. The van der Waals surface area contributed by atoms with Gasteiger partial charge in [-0.2, -0.15) is 0 Å². The van der Waals surface area contributed by atoms with Crippen LogP contribution >= 0.6 is 0 Å². The normalized spacial score (nSPS) is 20.9. The van der Waals surface area contributed by atoms with E-state index in [0.29, 0.717) is 0 Å². The SMILES string of the molecule is O=C(O)C1(c2ccc(O)c(O)c2)CCC(F)(F)CC1. The number of carboxylic acids is 1. The van der Waals surface area contributed by atoms with Crippen LogP contribution in [-0.2, 0) is 10.2 Å². The molecule has 2 rings (SSSR count). The van der Waals surface area contributed by atoms with Crippen molar-refractivity contribution >= 4 is 5.97 Å². The highest BCUT2D eigenvalue weighted by Crippen LogP contribution is 2.46. The van der Waals surface area contributed by atoms with Gasteiger partial charge in [0.15, 0.2) is 11.5 Å². The van der Waals surface area contributed by atoms with Crippen molar-refractivity contribution in [3.63, 3.8) is 0 Å². The molecule has 0 unspecified atom stereocenters. The monoisotopic (exact) mass is 272 g/mol. The second kappa shape index (κ2) is 4.36. The Morgan fingerprint density at radius 1 is 1.05 bits per heavy atom. The number of aliphatic carboxylic acids is 1. The number of hydrogen-bond donors (Lipinski definition) is 3. The number of phenols is 2. The molecule has 1 aliphatic carbocycles. The molecule has 1 aliphatic rings. The first kappa shape index (κ1) is 13.6. The Bertz CT molecular complexity index is 503. The average Bonchev–Trinajstić information content (AvgIpc) is 2.33. The van der Waals surface area contributed by atoms with Crippen molar-refractivity contribution in [1.82, 2.24) is 0 Å². The van der Waals surface area contributed by atoms with E-state index in [1.807, 2.05) is 0 Å². The van der Waals surface area contributed by atoms with Crippen molar-refractivity contribution in [2.24, 2.45) is 0 Å². The summed E-state index contributed by atoms with van der Waals surface area (Å²) in [5, 5.41) is 28.1. The van der Waals surface area contributed by atoms with Crippen molar-refractivity contribution in [3.05, 3.63) is 23.8 Å². The fraction of sp³-hybridized carbons (Fsp3) is 0.462. The van der Waals surface area contributed by atoms with Crippen LogP contribution in [0.25, 0.3) is 0 Å². The molecule has 3 N–H and O–H groups in total. The van der Waals surface area contributed by atoms with E-state index in [4.69, 9.17) is 0 Å². The molecular weight excluding hydrogens is 258 g/mol. The van der Waals surface area contributed by atoms with E-state index in [1.165, 1.54) is 12.1 Å². The molecule has 6 heteroatoms. The molecule has 0 radical (unpaired) electrons. The maximum Gasteiger partial charge on any atom is 0.314 e. The summed E-state index contributed by atoms with van der Waals surface area (Å²) in [5.41, 5.74) is -1.18. The highest BCUT2D eigenvalue weighted by molar-refractivity contribution is 5.82. The summed E-state index contributed by atoms with van der Waals surface area (Å²) in [6.45, 7) is 0. The summed E-state index contributed by atoms with van der Waals surface area (Å²) >= 11 is 0. The van der Waals surface area contributed by atoms with Crippen LogP contribution in [-0.4, -0.2) is 27.2 Å². The van der Waals surface area contributed by atoms with Gasteiger partial charge in [0.25, 0.3) is 0 Å². The highest BCUT2D eigenvalue weighted by atomic mass is 19.3. The van der Waals surface area contributed by atoms with Gasteiger partial charge in [0.05, 0.1) is 5.41 Å². The molecule has 1 aromatic carbocycles. The highest BCUT2D eigenvalue weighted by Gasteiger charge is 2.49. The van der Waals surface area contributed by atoms with Crippen molar-refractivity contribution in [1.29, 1.82) is 0 Å². The number of halogens is 2. The van der Waals surface area contributed by atoms with E-state index in [1.54, 1.807) is 0 Å². The van der Waals surface area contributed by atoms with Crippen molar-refractivity contribution in [2.45, 2.75) is 37.0 Å². The molecule has 1 fully saturated rings. The van der Waals surface area contributed by atoms with E-state index in [2.05, 4.69) is 0 Å². The van der Waals surface area contributed by atoms with Gasteiger partial charge in [0.1, 0.15) is 0 Å². The van der Waals surface area contributed by atoms with E-state index >= 15 is 0 Å². The summed E-state index contributed by atoms with van der Waals surface area (Å²) in [7, 11) is 0. The van der Waals surface area contributed by atoms with E-state index in [9.17, 15) is 28.9 Å². The van der Waals surface area contributed by atoms with Gasteiger partial charge in [-0.1, -0.05) is 6.07 Å². The largest absolute Gasteiger partial charge is 0.504 e. The smallest absolute Gasteiger partial charge is 0.314 e. The predicted molar refractivity (Wildman–Crippen MR) is 62.5 cm³/mol. The Labute approximate surface area is 108 Å². The van der Waals surface area contributed by atoms with Gasteiger partial charge < -0.3 is 15.3 Å². The zero-order valence-electron chi connectivity index (χ0n) is 10.1. The number of carbonyl (C=O) groups is 1. The van der Waals surface area contributed by atoms with Crippen LogP contribution in [0.15, 0.2) is 18.2 Å². The van der Waals surface area contributed by atoms with Crippen LogP contribution < -0.4 is 0 Å². The van der Waals surface area contributed by atoms with Crippen LogP contribution in [0.3, 0.4) is 0 Å². The van der Waals surface area contributed by atoms with Gasteiger partial charge in [0.2, 0.25) is 5.92 Å². The Balaban J connectivity index is 2.41. The standard InChI is InChI=1S/C13H14F2O4/c14-13(15)5-3-12(4-6-13,11(18)19)8-1-2-9(16)10(17)7-8/h1-2,7,16-17H,3-6H2,(H,18,19). The Kier molecular flexibility index (Phi) is 3.12. The summed E-state index contributed by atoms with van der Waals surface area (Å²) in [4.78, 5) is 11.5. The quantitative estimate of drug-likeness (QED) is 0.723. The molecule has 1 aromatic rings. The third-order valence-corrected chi connectivity index (χ3v) is 3.77. The van der Waals surface area contributed by atoms with E-state index in [0.717, 1.165) is 6.07 Å². The van der Waals surface area contributed by atoms with Crippen LogP contribution in [0.5, 0.6) is 11.5 Å². The van der Waals surface area contributed by atoms with Gasteiger partial charge in [-0.05, 0) is 30.5 Å². The Hall–Kier alpha value is -1.85. The molecule has 0 amide bonds. The summed E-state index contributed by atoms with van der Waals surface area (Å²) in [6.07, 6.45) is -1.39. The molecule has 0 bridgehead atoms. The lowest BCUT2D eigenvalue weighted by atomic mass is 9.68. The molecule has 0 saturated heterocycles. The van der Waals surface area contributed by atoms with Crippen molar-refractivity contribution in [3.8, 4) is 11.5 Å². The number of hydrogen-bond acceptors (Lipinski definition) is 3. The minimum Gasteiger partial charge on any atom is -0.504 e. The summed E-state index contributed by atoms with van der Waals surface area (Å²) in [5.74, 6) is -4.84. The molecule has 19 heavy (non-hydrogen) atoms. The van der Waals surface area contributed by atoms with E-state index < -0.39 is 35.9 Å². The first-order chi connectivity index (χ1) is 8.77. The lowest BCUT2D eigenvalue weighted by Gasteiger charge is -2.37. The number of rotatable bonds is 2. The van der Waals surface area contributed by atoms with Crippen LogP contribution in [0.2, 0.25) is 0 Å². The zero-order chi connectivity index (χ0) is 14.3. The van der Waals surface area contributed by atoms with E-state index in [-0.39, 0.29) is 24.2 Å². The van der Waals surface area contributed by atoms with Crippen molar-refractivity contribution in [2.75, 3.05) is 0 Å². The minimum absolute atomic E-state index is 0.195. The van der Waals surface area contributed by atoms with Crippen molar-refractivity contribution < 1.29 is 28.9 Å².